The molecule has 0 atom stereocenters. The number of hydrogen-bond acceptors (Lipinski definition) is 4. The second kappa shape index (κ2) is 11.9. The van der Waals surface area contributed by atoms with Crippen molar-refractivity contribution in [1.29, 1.82) is 0 Å². The van der Waals surface area contributed by atoms with Crippen LogP contribution in [0.25, 0.3) is 0 Å². The van der Waals surface area contributed by atoms with E-state index in [1.807, 2.05) is 32.9 Å². The van der Waals surface area contributed by atoms with Crippen LogP contribution in [-0.4, -0.2) is 67.2 Å². The van der Waals surface area contributed by atoms with Crippen molar-refractivity contribution in [1.82, 2.24) is 20.4 Å². The fourth-order valence-electron chi connectivity index (χ4n) is 3.63. The SMILES string of the molecule is C=C(C)CN1CCC(NC(=NC)NCc2ccc(CN(C)C(=O)OC(C)(C)C)cc2)CC1. The molecule has 1 heterocycles. The van der Waals surface area contributed by atoms with Crippen LogP contribution < -0.4 is 10.6 Å². The van der Waals surface area contributed by atoms with Gasteiger partial charge in [-0.15, -0.1) is 0 Å². The maximum Gasteiger partial charge on any atom is 0.410 e. The molecule has 0 spiro atoms. The Balaban J connectivity index is 1.77. The number of hydrogen-bond donors (Lipinski definition) is 2. The Labute approximate surface area is 193 Å². The number of nitrogens with one attached hydrogen (secondary N) is 2. The van der Waals surface area contributed by atoms with E-state index < -0.39 is 5.60 Å². The molecule has 32 heavy (non-hydrogen) atoms. The first kappa shape index (κ1) is 25.7. The van der Waals surface area contributed by atoms with Crippen LogP contribution in [0.4, 0.5) is 4.79 Å². The molecule has 0 radical (unpaired) electrons. The smallest absolute Gasteiger partial charge is 0.410 e. The molecule has 0 bridgehead atoms. The van der Waals surface area contributed by atoms with Gasteiger partial charge in [-0.2, -0.15) is 0 Å². The standard InChI is InChI=1S/C25H41N5O2/c1-19(2)17-30-14-12-22(13-15-30)28-23(26-6)27-16-20-8-10-21(11-9-20)18-29(7)24(31)32-25(3,4)5/h8-11,22H,1,12-18H2,2-7H3,(H2,26,27,28). The highest BCUT2D eigenvalue weighted by atomic mass is 16.6. The summed E-state index contributed by atoms with van der Waals surface area (Å²) in [5.74, 6) is 0.831. The van der Waals surface area contributed by atoms with Crippen molar-refractivity contribution in [3.05, 3.63) is 47.5 Å². The second-order valence-electron chi connectivity index (χ2n) is 9.73. The van der Waals surface area contributed by atoms with E-state index in [2.05, 4.69) is 46.2 Å². The lowest BCUT2D eigenvalue weighted by Gasteiger charge is -2.33. The average Bonchev–Trinajstić information content (AvgIpc) is 2.71. The summed E-state index contributed by atoms with van der Waals surface area (Å²) in [4.78, 5) is 20.6. The van der Waals surface area contributed by atoms with E-state index in [0.717, 1.165) is 49.6 Å². The van der Waals surface area contributed by atoms with Gasteiger partial charge in [0, 0.05) is 52.9 Å². The first-order valence-corrected chi connectivity index (χ1v) is 11.4. The Bertz CT molecular complexity index is 775. The van der Waals surface area contributed by atoms with Gasteiger partial charge in [0.25, 0.3) is 0 Å². The minimum Gasteiger partial charge on any atom is -0.444 e. The minimum absolute atomic E-state index is 0.316. The molecule has 0 unspecified atom stereocenters. The van der Waals surface area contributed by atoms with Crippen molar-refractivity contribution in [3.63, 3.8) is 0 Å². The molecule has 1 fully saturated rings. The van der Waals surface area contributed by atoms with Gasteiger partial charge in [0.05, 0.1) is 0 Å². The predicted octanol–water partition coefficient (Wildman–Crippen LogP) is 3.76. The van der Waals surface area contributed by atoms with E-state index >= 15 is 0 Å². The molecule has 0 aromatic heterocycles. The van der Waals surface area contributed by atoms with Gasteiger partial charge in [-0.05, 0) is 51.7 Å². The van der Waals surface area contributed by atoms with Crippen LogP contribution in [0.2, 0.25) is 0 Å². The number of rotatable bonds is 7. The third-order valence-electron chi connectivity index (χ3n) is 5.25. The highest BCUT2D eigenvalue weighted by molar-refractivity contribution is 5.80. The lowest BCUT2D eigenvalue weighted by atomic mass is 10.0. The quantitative estimate of drug-likeness (QED) is 0.382. The Morgan fingerprint density at radius 2 is 1.81 bits per heavy atom. The van der Waals surface area contributed by atoms with E-state index in [1.54, 1.807) is 19.0 Å². The van der Waals surface area contributed by atoms with Crippen LogP contribution in [0.15, 0.2) is 41.4 Å². The highest BCUT2D eigenvalue weighted by Gasteiger charge is 2.20. The van der Waals surface area contributed by atoms with Crippen LogP contribution in [0, 0.1) is 0 Å². The maximum absolute atomic E-state index is 12.1. The van der Waals surface area contributed by atoms with Crippen molar-refractivity contribution >= 4 is 12.1 Å². The van der Waals surface area contributed by atoms with Crippen LogP contribution in [0.5, 0.6) is 0 Å². The van der Waals surface area contributed by atoms with Gasteiger partial charge in [-0.25, -0.2) is 4.79 Å². The van der Waals surface area contributed by atoms with E-state index in [0.29, 0.717) is 19.1 Å². The van der Waals surface area contributed by atoms with Gasteiger partial charge in [-0.3, -0.25) is 9.89 Å². The van der Waals surface area contributed by atoms with Gasteiger partial charge in [0.2, 0.25) is 0 Å². The van der Waals surface area contributed by atoms with Gasteiger partial charge in [0.15, 0.2) is 5.96 Å². The Morgan fingerprint density at radius 1 is 1.22 bits per heavy atom. The summed E-state index contributed by atoms with van der Waals surface area (Å²) in [6.07, 6.45) is 1.89. The first-order valence-electron chi connectivity index (χ1n) is 11.4. The molecule has 1 aliphatic heterocycles. The number of nitrogens with zero attached hydrogens (tertiary/aromatic N) is 3. The molecule has 1 aromatic carbocycles. The number of carbonyl (C=O) groups is 1. The molecule has 1 saturated heterocycles. The normalized spacial score (nSPS) is 15.9. The van der Waals surface area contributed by atoms with Crippen molar-refractivity contribution < 1.29 is 9.53 Å². The third-order valence-corrected chi connectivity index (χ3v) is 5.25. The van der Waals surface area contributed by atoms with Crippen molar-refractivity contribution in [2.24, 2.45) is 4.99 Å². The number of carbonyl (C=O) groups excluding carboxylic acids is 1. The molecule has 7 nitrogen and oxygen atoms in total. The molecular weight excluding hydrogens is 402 g/mol. The van der Waals surface area contributed by atoms with E-state index in [1.165, 1.54) is 5.57 Å². The first-order chi connectivity index (χ1) is 15.1. The number of aliphatic imine (C=N–C) groups is 1. The number of piperidine rings is 1. The highest BCUT2D eigenvalue weighted by Crippen LogP contribution is 2.13. The molecule has 2 N–H and O–H groups in total. The van der Waals surface area contributed by atoms with Gasteiger partial charge in [0.1, 0.15) is 5.60 Å². The molecule has 1 aromatic rings. The predicted molar refractivity (Wildman–Crippen MR) is 132 cm³/mol. The van der Waals surface area contributed by atoms with Gasteiger partial charge < -0.3 is 20.3 Å². The minimum atomic E-state index is -0.491. The fraction of sp³-hybridized carbons (Fsp3) is 0.600. The van der Waals surface area contributed by atoms with Gasteiger partial charge >= 0.3 is 6.09 Å². The topological polar surface area (TPSA) is 69.2 Å². The van der Waals surface area contributed by atoms with Crippen molar-refractivity contribution in [3.8, 4) is 0 Å². The molecule has 1 aliphatic rings. The average molecular weight is 444 g/mol. The fourth-order valence-corrected chi connectivity index (χ4v) is 3.63. The monoisotopic (exact) mass is 443 g/mol. The molecular formula is C25H41N5O2. The number of guanidine groups is 1. The zero-order valence-corrected chi connectivity index (χ0v) is 20.7. The van der Waals surface area contributed by atoms with Crippen molar-refractivity contribution in [2.45, 2.75) is 65.3 Å². The molecule has 1 amide bonds. The summed E-state index contributed by atoms with van der Waals surface area (Å²) in [5, 5.41) is 6.96. The van der Waals surface area contributed by atoms with Crippen LogP contribution >= 0.6 is 0 Å². The Hall–Kier alpha value is -2.54. The summed E-state index contributed by atoms with van der Waals surface area (Å²) in [6.45, 7) is 16.1. The zero-order valence-electron chi connectivity index (χ0n) is 20.7. The Kier molecular flexibility index (Phi) is 9.57. The zero-order chi connectivity index (χ0) is 23.7. The van der Waals surface area contributed by atoms with E-state index in [-0.39, 0.29) is 6.09 Å². The summed E-state index contributed by atoms with van der Waals surface area (Å²) in [6, 6.07) is 8.69. The third kappa shape index (κ3) is 9.30. The summed E-state index contributed by atoms with van der Waals surface area (Å²) >= 11 is 0. The maximum atomic E-state index is 12.1. The van der Waals surface area contributed by atoms with E-state index in [4.69, 9.17) is 4.74 Å². The molecule has 0 saturated carbocycles. The van der Waals surface area contributed by atoms with Gasteiger partial charge in [-0.1, -0.05) is 36.4 Å². The van der Waals surface area contributed by atoms with Crippen LogP contribution in [0.3, 0.4) is 0 Å². The van der Waals surface area contributed by atoms with E-state index in [9.17, 15) is 4.79 Å². The second-order valence-corrected chi connectivity index (χ2v) is 9.73. The molecule has 2 rings (SSSR count). The number of likely N-dealkylation sites (tertiary alicyclic amines) is 1. The number of amides is 1. The lowest BCUT2D eigenvalue weighted by Crippen LogP contribution is -2.48. The Morgan fingerprint density at radius 3 is 2.34 bits per heavy atom. The van der Waals surface area contributed by atoms with Crippen LogP contribution in [-0.2, 0) is 17.8 Å². The van der Waals surface area contributed by atoms with Crippen LogP contribution in [0.1, 0.15) is 51.7 Å². The molecule has 7 heteroatoms. The van der Waals surface area contributed by atoms with Crippen molar-refractivity contribution in [2.75, 3.05) is 33.7 Å². The number of ether oxygens (including phenoxy) is 1. The molecule has 0 aliphatic carbocycles. The summed E-state index contributed by atoms with van der Waals surface area (Å²) in [7, 11) is 3.56. The summed E-state index contributed by atoms with van der Waals surface area (Å²) < 4.78 is 5.41. The number of benzene rings is 1. The summed E-state index contributed by atoms with van der Waals surface area (Å²) in [5.41, 5.74) is 2.95. The lowest BCUT2D eigenvalue weighted by molar-refractivity contribution is 0.0285. The largest absolute Gasteiger partial charge is 0.444 e. The molecule has 178 valence electrons.